The molecule has 2 aromatic rings. The lowest BCUT2D eigenvalue weighted by molar-refractivity contribution is -0.121. The molecule has 0 aliphatic rings. The zero-order valence-corrected chi connectivity index (χ0v) is 18.2. The first-order valence-corrected chi connectivity index (χ1v) is 11.6. The third-order valence-electron chi connectivity index (χ3n) is 4.62. The second-order valence-corrected chi connectivity index (χ2v) is 9.00. The Labute approximate surface area is 173 Å². The molecular weight excluding hydrogens is 388 g/mol. The van der Waals surface area contributed by atoms with Crippen LogP contribution in [-0.2, 0) is 26.2 Å². The number of sulfonamides is 1. The molecule has 158 valence electrons. The van der Waals surface area contributed by atoms with Crippen LogP contribution in [0.5, 0.6) is 0 Å². The summed E-state index contributed by atoms with van der Waals surface area (Å²) < 4.78 is 31.2. The third kappa shape index (κ3) is 7.87. The Hall–Kier alpha value is -2.38. The molecule has 0 bridgehead atoms. The number of ether oxygens (including phenoxy) is 1. The molecule has 7 heteroatoms. The highest BCUT2D eigenvalue weighted by molar-refractivity contribution is 7.92. The van der Waals surface area contributed by atoms with Crippen molar-refractivity contribution in [1.82, 2.24) is 5.32 Å². The Kier molecular flexibility index (Phi) is 8.67. The van der Waals surface area contributed by atoms with Crippen molar-refractivity contribution in [1.29, 1.82) is 0 Å². The van der Waals surface area contributed by atoms with Crippen molar-refractivity contribution in [2.75, 3.05) is 30.3 Å². The third-order valence-corrected chi connectivity index (χ3v) is 5.82. The number of carbonyl (C=O) groups is 1. The molecule has 6 nitrogen and oxygen atoms in total. The molecule has 0 heterocycles. The van der Waals surface area contributed by atoms with Crippen LogP contribution in [-0.4, -0.2) is 40.3 Å². The van der Waals surface area contributed by atoms with Gasteiger partial charge in [0.05, 0.1) is 25.2 Å². The molecule has 0 aliphatic heterocycles. The zero-order chi connectivity index (χ0) is 21.3. The number of hydrogen-bond donors (Lipinski definition) is 1. The molecule has 0 unspecified atom stereocenters. The maximum Gasteiger partial charge on any atom is 0.232 e. The lowest BCUT2D eigenvalue weighted by Crippen LogP contribution is -2.32. The molecule has 1 amide bonds. The highest BCUT2D eigenvalue weighted by Crippen LogP contribution is 2.21. The van der Waals surface area contributed by atoms with Crippen LogP contribution in [0.4, 0.5) is 5.69 Å². The van der Waals surface area contributed by atoms with Crippen LogP contribution in [0.15, 0.2) is 48.5 Å². The average Bonchev–Trinajstić information content (AvgIpc) is 2.67. The van der Waals surface area contributed by atoms with Gasteiger partial charge in [-0.15, -0.1) is 0 Å². The molecule has 2 aromatic carbocycles. The molecule has 0 saturated heterocycles. The summed E-state index contributed by atoms with van der Waals surface area (Å²) in [6, 6.07) is 15.4. The van der Waals surface area contributed by atoms with Gasteiger partial charge in [0.15, 0.2) is 0 Å². The Balaban J connectivity index is 1.73. The van der Waals surface area contributed by atoms with Gasteiger partial charge in [0.2, 0.25) is 15.9 Å². The first kappa shape index (κ1) is 22.9. The number of carbonyl (C=O) groups excluding carboxylic acids is 1. The number of aryl methyl sites for hydroxylation is 2. The Bertz CT molecular complexity index is 898. The van der Waals surface area contributed by atoms with Crippen LogP contribution in [0.25, 0.3) is 0 Å². The predicted octanol–water partition coefficient (Wildman–Crippen LogP) is 3.18. The van der Waals surface area contributed by atoms with Crippen molar-refractivity contribution in [2.24, 2.45) is 0 Å². The van der Waals surface area contributed by atoms with E-state index in [1.165, 1.54) is 10.6 Å². The number of nitrogens with one attached hydrogen (secondary N) is 1. The van der Waals surface area contributed by atoms with E-state index in [2.05, 4.69) is 5.32 Å². The fourth-order valence-corrected chi connectivity index (χ4v) is 3.82. The van der Waals surface area contributed by atoms with Gasteiger partial charge in [-0.1, -0.05) is 36.4 Å². The van der Waals surface area contributed by atoms with Gasteiger partial charge in [0.1, 0.15) is 0 Å². The normalized spacial score (nSPS) is 11.3. The van der Waals surface area contributed by atoms with E-state index in [-0.39, 0.29) is 18.9 Å². The molecular formula is C22H30N2O4S. The van der Waals surface area contributed by atoms with E-state index in [1.807, 2.05) is 56.3 Å². The van der Waals surface area contributed by atoms with Gasteiger partial charge < -0.3 is 10.1 Å². The quantitative estimate of drug-likeness (QED) is 0.569. The number of nitrogens with zero attached hydrogens (tertiary/aromatic N) is 1. The first-order chi connectivity index (χ1) is 13.8. The highest BCUT2D eigenvalue weighted by Gasteiger charge is 2.18. The van der Waals surface area contributed by atoms with Crippen LogP contribution >= 0.6 is 0 Å². The second kappa shape index (κ2) is 11.0. The molecule has 1 N–H and O–H groups in total. The molecule has 0 atom stereocenters. The lowest BCUT2D eigenvalue weighted by atomic mass is 10.1. The molecule has 0 aliphatic carbocycles. The van der Waals surface area contributed by atoms with Crippen LogP contribution in [0.3, 0.4) is 0 Å². The van der Waals surface area contributed by atoms with E-state index in [4.69, 9.17) is 4.74 Å². The van der Waals surface area contributed by atoms with Crippen molar-refractivity contribution < 1.29 is 17.9 Å². The summed E-state index contributed by atoms with van der Waals surface area (Å²) in [4.78, 5) is 12.0. The van der Waals surface area contributed by atoms with Gasteiger partial charge in [-0.2, -0.15) is 0 Å². The lowest BCUT2D eigenvalue weighted by Gasteiger charge is -2.23. The van der Waals surface area contributed by atoms with Crippen molar-refractivity contribution in [3.8, 4) is 0 Å². The van der Waals surface area contributed by atoms with Crippen molar-refractivity contribution in [2.45, 2.75) is 33.3 Å². The Morgan fingerprint density at radius 3 is 2.45 bits per heavy atom. The van der Waals surface area contributed by atoms with Gasteiger partial charge in [-0.25, -0.2) is 8.42 Å². The average molecular weight is 419 g/mol. The predicted molar refractivity (Wildman–Crippen MR) is 116 cm³/mol. The fourth-order valence-electron chi connectivity index (χ4n) is 2.87. The SMILES string of the molecule is Cc1ccc(N(CCCC(=O)NCCOCc2ccccc2)S(C)(=O)=O)cc1C. The van der Waals surface area contributed by atoms with Crippen LogP contribution < -0.4 is 9.62 Å². The van der Waals surface area contributed by atoms with Gasteiger partial charge >= 0.3 is 0 Å². The van der Waals surface area contributed by atoms with Crippen LogP contribution in [0, 0.1) is 13.8 Å². The minimum atomic E-state index is -3.41. The van der Waals surface area contributed by atoms with Gasteiger partial charge in [-0.05, 0) is 49.1 Å². The summed E-state index contributed by atoms with van der Waals surface area (Å²) in [5.41, 5.74) is 3.86. The minimum absolute atomic E-state index is 0.109. The highest BCUT2D eigenvalue weighted by atomic mass is 32.2. The van der Waals surface area contributed by atoms with E-state index >= 15 is 0 Å². The maximum atomic E-state index is 12.2. The molecule has 0 spiro atoms. The van der Waals surface area contributed by atoms with E-state index in [9.17, 15) is 13.2 Å². The largest absolute Gasteiger partial charge is 0.375 e. The molecule has 2 rings (SSSR count). The van der Waals surface area contributed by atoms with Crippen LogP contribution in [0.2, 0.25) is 0 Å². The molecule has 29 heavy (non-hydrogen) atoms. The molecule has 0 aromatic heterocycles. The molecule has 0 radical (unpaired) electrons. The smallest absolute Gasteiger partial charge is 0.232 e. The number of amides is 1. The van der Waals surface area contributed by atoms with E-state index < -0.39 is 10.0 Å². The molecule has 0 fully saturated rings. The number of benzene rings is 2. The van der Waals surface area contributed by atoms with Crippen molar-refractivity contribution in [3.63, 3.8) is 0 Å². The number of anilines is 1. The van der Waals surface area contributed by atoms with Crippen molar-refractivity contribution in [3.05, 3.63) is 65.2 Å². The summed E-state index contributed by atoms with van der Waals surface area (Å²) in [5.74, 6) is -0.109. The van der Waals surface area contributed by atoms with E-state index in [0.29, 0.717) is 31.9 Å². The van der Waals surface area contributed by atoms with Gasteiger partial charge in [-0.3, -0.25) is 9.10 Å². The Morgan fingerprint density at radius 2 is 1.79 bits per heavy atom. The molecule has 0 saturated carbocycles. The van der Waals surface area contributed by atoms with Crippen molar-refractivity contribution >= 4 is 21.6 Å². The second-order valence-electron chi connectivity index (χ2n) is 7.10. The number of rotatable bonds is 11. The maximum absolute atomic E-state index is 12.2. The van der Waals surface area contributed by atoms with Gasteiger partial charge in [0.25, 0.3) is 0 Å². The monoisotopic (exact) mass is 418 g/mol. The summed E-state index contributed by atoms with van der Waals surface area (Å²) in [6.07, 6.45) is 1.89. The van der Waals surface area contributed by atoms with Crippen LogP contribution in [0.1, 0.15) is 29.5 Å². The fraction of sp³-hybridized carbons (Fsp3) is 0.409. The van der Waals surface area contributed by atoms with E-state index in [0.717, 1.165) is 16.7 Å². The summed E-state index contributed by atoms with van der Waals surface area (Å²) in [7, 11) is -3.41. The zero-order valence-electron chi connectivity index (χ0n) is 17.3. The number of hydrogen-bond acceptors (Lipinski definition) is 4. The topological polar surface area (TPSA) is 75.7 Å². The minimum Gasteiger partial charge on any atom is -0.375 e. The standard InChI is InChI=1S/C22H30N2O4S/c1-18-11-12-21(16-19(18)2)24(29(3,26)27)14-7-10-22(25)23-13-15-28-17-20-8-5-4-6-9-20/h4-6,8-9,11-12,16H,7,10,13-15,17H2,1-3H3,(H,23,25). The van der Waals surface area contributed by atoms with Gasteiger partial charge in [0, 0.05) is 19.5 Å². The Morgan fingerprint density at radius 1 is 1.07 bits per heavy atom. The summed E-state index contributed by atoms with van der Waals surface area (Å²) in [5, 5.41) is 2.81. The van der Waals surface area contributed by atoms with E-state index in [1.54, 1.807) is 6.07 Å². The summed E-state index contributed by atoms with van der Waals surface area (Å²) in [6.45, 7) is 5.57. The first-order valence-electron chi connectivity index (χ1n) is 9.70. The summed E-state index contributed by atoms with van der Waals surface area (Å²) >= 11 is 0.